The predicted octanol–water partition coefficient (Wildman–Crippen LogP) is 15.2. The van der Waals surface area contributed by atoms with Gasteiger partial charge in [0.15, 0.2) is 0 Å². The molecular weight excluding hydrogens is 709 g/mol. The molecule has 0 fully saturated rings. The Kier molecular flexibility index (Phi) is 6.53. The van der Waals surface area contributed by atoms with Gasteiger partial charge in [-0.15, -0.1) is 0 Å². The molecule has 2 unspecified atom stereocenters. The van der Waals surface area contributed by atoms with Crippen molar-refractivity contribution in [1.82, 2.24) is 4.57 Å². The Morgan fingerprint density at radius 1 is 0.397 bits per heavy atom. The van der Waals surface area contributed by atoms with Gasteiger partial charge in [-0.2, -0.15) is 0 Å². The number of para-hydroxylation sites is 3. The van der Waals surface area contributed by atoms with Crippen molar-refractivity contribution >= 4 is 82.7 Å². The van der Waals surface area contributed by atoms with Crippen LogP contribution in [0.1, 0.15) is 17.5 Å². The van der Waals surface area contributed by atoms with Crippen molar-refractivity contribution in [2.24, 2.45) is 0 Å². The summed E-state index contributed by atoms with van der Waals surface area (Å²) in [5.41, 5.74) is 15.5. The Morgan fingerprint density at radius 2 is 0.914 bits per heavy atom. The molecule has 0 bridgehead atoms. The zero-order chi connectivity index (χ0) is 37.9. The first-order valence-corrected chi connectivity index (χ1v) is 20.0. The van der Waals surface area contributed by atoms with Gasteiger partial charge in [0.1, 0.15) is 22.3 Å². The molecule has 0 spiro atoms. The Balaban J connectivity index is 0.951. The van der Waals surface area contributed by atoms with Gasteiger partial charge < -0.3 is 18.3 Å². The summed E-state index contributed by atoms with van der Waals surface area (Å²) >= 11 is 0. The Labute approximate surface area is 333 Å². The van der Waals surface area contributed by atoms with Crippen LogP contribution in [0.25, 0.3) is 87.9 Å². The van der Waals surface area contributed by atoms with Crippen molar-refractivity contribution in [1.29, 1.82) is 0 Å². The van der Waals surface area contributed by atoms with E-state index in [0.29, 0.717) is 0 Å². The molecular formula is C54H34N2O2. The van der Waals surface area contributed by atoms with Crippen molar-refractivity contribution in [2.45, 2.75) is 12.0 Å². The van der Waals surface area contributed by atoms with Gasteiger partial charge in [0.25, 0.3) is 0 Å². The molecule has 0 amide bonds. The van der Waals surface area contributed by atoms with E-state index in [1.54, 1.807) is 0 Å². The van der Waals surface area contributed by atoms with Crippen molar-refractivity contribution in [3.8, 4) is 22.3 Å². The number of allylic oxidation sites excluding steroid dienone is 4. The summed E-state index contributed by atoms with van der Waals surface area (Å²) in [5, 5.41) is 7.14. The maximum absolute atomic E-state index is 6.27. The van der Waals surface area contributed by atoms with Crippen LogP contribution in [0.5, 0.6) is 0 Å². The molecule has 1 aliphatic heterocycles. The lowest BCUT2D eigenvalue weighted by atomic mass is 9.89. The molecule has 0 saturated carbocycles. The smallest absolute Gasteiger partial charge is 0.136 e. The van der Waals surface area contributed by atoms with Gasteiger partial charge in [0.2, 0.25) is 0 Å². The van der Waals surface area contributed by atoms with E-state index in [1.807, 2.05) is 24.3 Å². The largest absolute Gasteiger partial charge is 0.456 e. The number of furan rings is 2. The Bertz CT molecular complexity index is 3370. The van der Waals surface area contributed by atoms with E-state index in [1.165, 1.54) is 27.4 Å². The van der Waals surface area contributed by atoms with E-state index in [4.69, 9.17) is 8.83 Å². The van der Waals surface area contributed by atoms with Crippen LogP contribution >= 0.6 is 0 Å². The molecule has 4 heterocycles. The number of anilines is 3. The average Bonchev–Trinajstić information content (AvgIpc) is 4.03. The van der Waals surface area contributed by atoms with Gasteiger partial charge in [0, 0.05) is 60.8 Å². The number of benzene rings is 8. The number of hydrogen-bond acceptors (Lipinski definition) is 3. The molecule has 0 radical (unpaired) electrons. The third-order valence-electron chi connectivity index (χ3n) is 12.5. The highest BCUT2D eigenvalue weighted by atomic mass is 16.3. The van der Waals surface area contributed by atoms with E-state index in [2.05, 4.69) is 179 Å². The highest BCUT2D eigenvalue weighted by Crippen LogP contribution is 2.52. The van der Waals surface area contributed by atoms with Crippen molar-refractivity contribution < 1.29 is 8.83 Å². The lowest BCUT2D eigenvalue weighted by molar-refractivity contribution is 0.615. The van der Waals surface area contributed by atoms with Crippen molar-refractivity contribution in [3.63, 3.8) is 0 Å². The highest BCUT2D eigenvalue weighted by Gasteiger charge is 2.35. The summed E-state index contributed by atoms with van der Waals surface area (Å²) in [4.78, 5) is 2.41. The lowest BCUT2D eigenvalue weighted by Crippen LogP contribution is -2.11. The fraction of sp³-hybridized carbons (Fsp3) is 0.0370. The van der Waals surface area contributed by atoms with E-state index >= 15 is 0 Å². The van der Waals surface area contributed by atoms with Crippen LogP contribution in [0, 0.1) is 0 Å². The molecule has 58 heavy (non-hydrogen) atoms. The van der Waals surface area contributed by atoms with Crippen molar-refractivity contribution in [2.75, 3.05) is 4.90 Å². The van der Waals surface area contributed by atoms with Gasteiger partial charge in [-0.1, -0.05) is 115 Å². The minimum absolute atomic E-state index is 0.262. The van der Waals surface area contributed by atoms with Crippen LogP contribution in [0.3, 0.4) is 0 Å². The summed E-state index contributed by atoms with van der Waals surface area (Å²) < 4.78 is 15.1. The van der Waals surface area contributed by atoms with E-state index in [9.17, 15) is 0 Å². The molecule has 13 rings (SSSR count). The minimum Gasteiger partial charge on any atom is -0.456 e. The summed E-state index contributed by atoms with van der Waals surface area (Å²) in [6, 6.07) is 61.5. The summed E-state index contributed by atoms with van der Waals surface area (Å²) in [6.07, 6.45) is 9.13. The second-order valence-electron chi connectivity index (χ2n) is 15.7. The fourth-order valence-electron chi connectivity index (χ4n) is 9.83. The van der Waals surface area contributed by atoms with E-state index in [-0.39, 0.29) is 12.0 Å². The maximum Gasteiger partial charge on any atom is 0.136 e. The van der Waals surface area contributed by atoms with Gasteiger partial charge >= 0.3 is 0 Å². The molecule has 2 aliphatic rings. The SMILES string of the molecule is C1=CC2c3cc(N(c4ccc(-c5ccc6c(c5)oc5ccccc56)cc4)c4ccc(-c5ccc6c(c5)oc5ccccc56)cc4)cc4c5ccccc5n(c34)C2C=C1. The van der Waals surface area contributed by atoms with E-state index in [0.717, 1.165) is 83.2 Å². The first-order valence-electron chi connectivity index (χ1n) is 20.0. The molecule has 0 saturated heterocycles. The first kappa shape index (κ1) is 31.6. The van der Waals surface area contributed by atoms with Gasteiger partial charge in [-0.25, -0.2) is 0 Å². The molecule has 8 aromatic carbocycles. The Hall–Kier alpha value is -7.56. The highest BCUT2D eigenvalue weighted by molar-refractivity contribution is 6.12. The number of rotatable bonds is 5. The zero-order valence-corrected chi connectivity index (χ0v) is 31.3. The van der Waals surface area contributed by atoms with Crippen LogP contribution in [-0.4, -0.2) is 4.57 Å². The Morgan fingerprint density at radius 3 is 1.53 bits per heavy atom. The topological polar surface area (TPSA) is 34.5 Å². The molecule has 4 heteroatoms. The summed E-state index contributed by atoms with van der Waals surface area (Å²) in [7, 11) is 0. The summed E-state index contributed by atoms with van der Waals surface area (Å²) in [5.74, 6) is 0.278. The van der Waals surface area contributed by atoms with Crippen molar-refractivity contribution in [3.05, 3.63) is 200 Å². The molecule has 0 N–H and O–H groups in total. The van der Waals surface area contributed by atoms with Gasteiger partial charge in [-0.3, -0.25) is 0 Å². The quantitative estimate of drug-likeness (QED) is 0.176. The lowest BCUT2D eigenvalue weighted by Gasteiger charge is -2.27. The first-order chi connectivity index (χ1) is 28.7. The third kappa shape index (κ3) is 4.57. The predicted molar refractivity (Wildman–Crippen MR) is 240 cm³/mol. The number of fused-ring (bicyclic) bond motifs is 12. The molecule has 272 valence electrons. The second-order valence-corrected chi connectivity index (χ2v) is 15.7. The second kappa shape index (κ2) is 12.0. The van der Waals surface area contributed by atoms with Gasteiger partial charge in [0.05, 0.1) is 11.6 Å². The molecule has 4 nitrogen and oxygen atoms in total. The fourth-order valence-corrected chi connectivity index (χ4v) is 9.83. The normalized spacial score (nSPS) is 15.8. The molecule has 3 aromatic heterocycles. The number of nitrogens with zero attached hydrogens (tertiary/aromatic N) is 2. The molecule has 2 atom stereocenters. The monoisotopic (exact) mass is 742 g/mol. The summed E-state index contributed by atoms with van der Waals surface area (Å²) in [6.45, 7) is 0. The third-order valence-corrected chi connectivity index (χ3v) is 12.5. The molecule has 11 aromatic rings. The maximum atomic E-state index is 6.27. The number of hydrogen-bond donors (Lipinski definition) is 0. The molecule has 1 aliphatic carbocycles. The van der Waals surface area contributed by atoms with Crippen LogP contribution < -0.4 is 4.90 Å². The van der Waals surface area contributed by atoms with Gasteiger partial charge in [-0.05, 0) is 107 Å². The minimum atomic E-state index is 0.262. The zero-order valence-electron chi connectivity index (χ0n) is 31.3. The van der Waals surface area contributed by atoms with E-state index < -0.39 is 0 Å². The van der Waals surface area contributed by atoms with Crippen LogP contribution in [0.4, 0.5) is 17.1 Å². The van der Waals surface area contributed by atoms with Crippen LogP contribution in [0.15, 0.2) is 203 Å². The number of aromatic nitrogens is 1. The average molecular weight is 743 g/mol. The van der Waals surface area contributed by atoms with Crippen LogP contribution in [-0.2, 0) is 0 Å². The standard InChI is InChI=1S/C54H34N2O2/c1-5-13-48-40(9-1)46-31-39(32-47-41-10-2-6-14-49(41)56(48)54(46)47)55(37-23-17-33(18-24-37)35-21-27-44-42-11-3-7-15-50(42)57-52(44)29-35)38-25-19-34(20-26-38)36-22-28-45-43-12-4-8-16-51(43)58-53(45)30-36/h1-32,40,48H. The van der Waals surface area contributed by atoms with Crippen LogP contribution in [0.2, 0.25) is 0 Å².